The zero-order valence-electron chi connectivity index (χ0n) is 9.69. The van der Waals surface area contributed by atoms with Crippen LogP contribution in [0, 0.1) is 0 Å². The van der Waals surface area contributed by atoms with Crippen molar-refractivity contribution in [2.24, 2.45) is 5.73 Å². The Hall–Kier alpha value is -2.00. The van der Waals surface area contributed by atoms with Gasteiger partial charge in [-0.05, 0) is 35.9 Å². The summed E-state index contributed by atoms with van der Waals surface area (Å²) in [7, 11) is 0. The molecular weight excluding hydrogens is 248 g/mol. The summed E-state index contributed by atoms with van der Waals surface area (Å²) in [5.41, 5.74) is 7.65. The van der Waals surface area contributed by atoms with Crippen LogP contribution in [0.1, 0.15) is 15.9 Å². The molecule has 18 heavy (non-hydrogen) atoms. The molecule has 0 heterocycles. The molecule has 0 saturated heterocycles. The van der Waals surface area contributed by atoms with E-state index in [0.29, 0.717) is 17.1 Å². The molecule has 0 fully saturated rings. The van der Waals surface area contributed by atoms with Crippen LogP contribution in [-0.4, -0.2) is 5.91 Å². The van der Waals surface area contributed by atoms with Crippen LogP contribution in [0.15, 0.2) is 48.5 Å². The molecule has 0 aliphatic carbocycles. The predicted molar refractivity (Wildman–Crippen MR) is 73.7 cm³/mol. The van der Waals surface area contributed by atoms with Gasteiger partial charge >= 0.3 is 0 Å². The first-order chi connectivity index (χ1) is 8.65. The van der Waals surface area contributed by atoms with E-state index in [1.54, 1.807) is 18.2 Å². The third-order valence-electron chi connectivity index (χ3n) is 2.53. The summed E-state index contributed by atoms with van der Waals surface area (Å²) in [5, 5.41) is 3.93. The number of nitrogens with two attached hydrogens (primary N) is 1. The number of anilines is 1. The molecule has 0 aliphatic heterocycles. The van der Waals surface area contributed by atoms with Gasteiger partial charge in [0.05, 0.1) is 0 Å². The normalized spacial score (nSPS) is 10.1. The highest BCUT2D eigenvalue weighted by Crippen LogP contribution is 2.14. The zero-order chi connectivity index (χ0) is 13.0. The second-order valence-electron chi connectivity index (χ2n) is 3.93. The molecule has 2 aromatic rings. The van der Waals surface area contributed by atoms with E-state index in [1.807, 2.05) is 30.3 Å². The van der Waals surface area contributed by atoms with Crippen molar-refractivity contribution in [1.29, 1.82) is 0 Å². The minimum Gasteiger partial charge on any atom is -0.381 e. The third-order valence-corrected chi connectivity index (χ3v) is 2.77. The van der Waals surface area contributed by atoms with Crippen molar-refractivity contribution in [2.75, 3.05) is 5.32 Å². The Balaban J connectivity index is 2.06. The molecule has 0 atom stereocenters. The number of primary amides is 1. The number of halogens is 1. The van der Waals surface area contributed by atoms with Crippen molar-refractivity contribution < 1.29 is 4.79 Å². The summed E-state index contributed by atoms with van der Waals surface area (Å²) >= 11 is 5.90. The number of hydrogen-bond acceptors (Lipinski definition) is 2. The van der Waals surface area contributed by atoms with Gasteiger partial charge in [0.15, 0.2) is 0 Å². The van der Waals surface area contributed by atoms with E-state index in [4.69, 9.17) is 17.3 Å². The molecule has 0 radical (unpaired) electrons. The van der Waals surface area contributed by atoms with Crippen LogP contribution in [0.5, 0.6) is 0 Å². The Morgan fingerprint density at radius 3 is 2.67 bits per heavy atom. The maximum Gasteiger partial charge on any atom is 0.248 e. The lowest BCUT2D eigenvalue weighted by molar-refractivity contribution is 0.100. The van der Waals surface area contributed by atoms with Crippen LogP contribution >= 0.6 is 11.6 Å². The van der Waals surface area contributed by atoms with E-state index < -0.39 is 5.91 Å². The topological polar surface area (TPSA) is 55.1 Å². The predicted octanol–water partition coefficient (Wildman–Crippen LogP) is 3.05. The molecule has 92 valence electrons. The third kappa shape index (κ3) is 3.25. The van der Waals surface area contributed by atoms with Crippen LogP contribution in [0.3, 0.4) is 0 Å². The minimum absolute atomic E-state index is 0.429. The number of hydrogen-bond donors (Lipinski definition) is 2. The smallest absolute Gasteiger partial charge is 0.248 e. The van der Waals surface area contributed by atoms with Gasteiger partial charge in [0.1, 0.15) is 0 Å². The zero-order valence-corrected chi connectivity index (χ0v) is 10.4. The van der Waals surface area contributed by atoms with Crippen LogP contribution in [-0.2, 0) is 6.54 Å². The molecule has 3 N–H and O–H groups in total. The Bertz CT molecular complexity index is 569. The molecule has 0 spiro atoms. The van der Waals surface area contributed by atoms with Crippen LogP contribution in [0.25, 0.3) is 0 Å². The molecule has 0 bridgehead atoms. The first-order valence-corrected chi connectivity index (χ1v) is 5.91. The highest BCUT2D eigenvalue weighted by Gasteiger charge is 2.01. The van der Waals surface area contributed by atoms with Crippen molar-refractivity contribution in [3.63, 3.8) is 0 Å². The van der Waals surface area contributed by atoms with E-state index in [0.717, 1.165) is 11.3 Å². The average molecular weight is 261 g/mol. The number of benzene rings is 2. The molecule has 1 amide bonds. The van der Waals surface area contributed by atoms with Crippen LogP contribution in [0.2, 0.25) is 5.02 Å². The Morgan fingerprint density at radius 1 is 1.17 bits per heavy atom. The number of nitrogens with one attached hydrogen (secondary N) is 1. The monoisotopic (exact) mass is 260 g/mol. The highest BCUT2D eigenvalue weighted by atomic mass is 35.5. The maximum atomic E-state index is 11.0. The molecule has 2 aromatic carbocycles. The summed E-state index contributed by atoms with van der Waals surface area (Å²) in [6.07, 6.45) is 0. The van der Waals surface area contributed by atoms with Crippen LogP contribution in [0.4, 0.5) is 5.69 Å². The Morgan fingerprint density at radius 2 is 1.94 bits per heavy atom. The first-order valence-electron chi connectivity index (χ1n) is 5.53. The van der Waals surface area contributed by atoms with Gasteiger partial charge < -0.3 is 11.1 Å². The quantitative estimate of drug-likeness (QED) is 0.888. The molecule has 0 unspecified atom stereocenters. The van der Waals surface area contributed by atoms with Gasteiger partial charge in [-0.25, -0.2) is 0 Å². The largest absolute Gasteiger partial charge is 0.381 e. The summed E-state index contributed by atoms with van der Waals surface area (Å²) in [6.45, 7) is 0.642. The second kappa shape index (κ2) is 5.56. The number of carbonyl (C=O) groups is 1. The Kier molecular flexibility index (Phi) is 3.85. The van der Waals surface area contributed by atoms with Gasteiger partial charge in [-0.1, -0.05) is 29.8 Å². The molecule has 4 heteroatoms. The number of carbonyl (C=O) groups excluding carboxylic acids is 1. The van der Waals surface area contributed by atoms with Gasteiger partial charge in [-0.2, -0.15) is 0 Å². The van der Waals surface area contributed by atoms with Gasteiger partial charge in [-0.15, -0.1) is 0 Å². The lowest BCUT2D eigenvalue weighted by atomic mass is 10.2. The van der Waals surface area contributed by atoms with Crippen molar-refractivity contribution in [1.82, 2.24) is 0 Å². The first kappa shape index (κ1) is 12.5. The number of rotatable bonds is 4. The van der Waals surface area contributed by atoms with E-state index in [1.165, 1.54) is 0 Å². The van der Waals surface area contributed by atoms with E-state index in [-0.39, 0.29) is 0 Å². The van der Waals surface area contributed by atoms with Gasteiger partial charge in [-0.3, -0.25) is 4.79 Å². The van der Waals surface area contributed by atoms with Crippen molar-refractivity contribution in [3.8, 4) is 0 Å². The lowest BCUT2D eigenvalue weighted by Crippen LogP contribution is -2.11. The fourth-order valence-corrected chi connectivity index (χ4v) is 1.85. The molecule has 2 rings (SSSR count). The molecule has 0 saturated carbocycles. The van der Waals surface area contributed by atoms with Gasteiger partial charge in [0, 0.05) is 22.8 Å². The fourth-order valence-electron chi connectivity index (χ4n) is 1.63. The number of amides is 1. The summed E-state index contributed by atoms with van der Waals surface area (Å²) in [4.78, 5) is 11.0. The van der Waals surface area contributed by atoms with E-state index in [9.17, 15) is 4.79 Å². The molecule has 3 nitrogen and oxygen atoms in total. The minimum atomic E-state index is -0.429. The summed E-state index contributed by atoms with van der Waals surface area (Å²) < 4.78 is 0. The standard InChI is InChI=1S/C14H13ClN2O/c15-12-5-1-3-10(7-12)9-17-13-6-2-4-11(8-13)14(16)18/h1-8,17H,9H2,(H2,16,18). The second-order valence-corrected chi connectivity index (χ2v) is 4.36. The van der Waals surface area contributed by atoms with Crippen LogP contribution < -0.4 is 11.1 Å². The van der Waals surface area contributed by atoms with Gasteiger partial charge in [0.25, 0.3) is 0 Å². The maximum absolute atomic E-state index is 11.0. The summed E-state index contributed by atoms with van der Waals surface area (Å²) in [6, 6.07) is 14.7. The summed E-state index contributed by atoms with van der Waals surface area (Å²) in [5.74, 6) is -0.429. The Labute approximate surface area is 111 Å². The van der Waals surface area contributed by atoms with Crippen molar-refractivity contribution in [3.05, 3.63) is 64.7 Å². The van der Waals surface area contributed by atoms with Crippen molar-refractivity contribution >= 4 is 23.2 Å². The SMILES string of the molecule is NC(=O)c1cccc(NCc2cccc(Cl)c2)c1. The highest BCUT2D eigenvalue weighted by molar-refractivity contribution is 6.30. The molecular formula is C14H13ClN2O. The van der Waals surface area contributed by atoms with Gasteiger partial charge in [0.2, 0.25) is 5.91 Å². The lowest BCUT2D eigenvalue weighted by Gasteiger charge is -2.07. The molecule has 0 aromatic heterocycles. The van der Waals surface area contributed by atoms with Crippen molar-refractivity contribution in [2.45, 2.75) is 6.54 Å². The average Bonchev–Trinajstić information content (AvgIpc) is 2.37. The fraction of sp³-hybridized carbons (Fsp3) is 0.0714. The van der Waals surface area contributed by atoms with E-state index >= 15 is 0 Å². The van der Waals surface area contributed by atoms with E-state index in [2.05, 4.69) is 5.32 Å². The molecule has 0 aliphatic rings.